The van der Waals surface area contributed by atoms with Crippen molar-refractivity contribution in [2.75, 3.05) is 7.11 Å². The van der Waals surface area contributed by atoms with Gasteiger partial charge in [0.25, 0.3) is 0 Å². The van der Waals surface area contributed by atoms with Gasteiger partial charge in [-0.05, 0) is 30.3 Å². The van der Waals surface area contributed by atoms with Gasteiger partial charge in [0.15, 0.2) is 5.82 Å². The van der Waals surface area contributed by atoms with Crippen molar-refractivity contribution in [3.8, 4) is 5.75 Å². The van der Waals surface area contributed by atoms with Gasteiger partial charge in [-0.15, -0.1) is 0 Å². The summed E-state index contributed by atoms with van der Waals surface area (Å²) in [6, 6.07) is 8.44. The number of esters is 1. The average molecular weight is 244 g/mol. The maximum atomic E-state index is 11.2. The minimum Gasteiger partial charge on any atom is -0.486 e. The summed E-state index contributed by atoms with van der Waals surface area (Å²) in [6.45, 7) is 0.290. The first-order chi connectivity index (χ1) is 8.79. The molecule has 0 spiro atoms. The van der Waals surface area contributed by atoms with Gasteiger partial charge in [-0.2, -0.15) is 0 Å². The van der Waals surface area contributed by atoms with Crippen LogP contribution in [0.1, 0.15) is 16.2 Å². The first kappa shape index (κ1) is 12.0. The second-order valence-corrected chi connectivity index (χ2v) is 3.47. The lowest BCUT2D eigenvalue weighted by atomic mass is 10.2. The van der Waals surface area contributed by atoms with Gasteiger partial charge >= 0.3 is 5.97 Å². The number of hydrogen-bond donors (Lipinski definition) is 0. The molecule has 1 aromatic heterocycles. The van der Waals surface area contributed by atoms with E-state index in [1.807, 2.05) is 0 Å². The second kappa shape index (κ2) is 5.77. The number of benzene rings is 1. The SMILES string of the molecule is COC(=O)c1ccc(OCc2ncccn2)cc1. The smallest absolute Gasteiger partial charge is 0.337 e. The van der Waals surface area contributed by atoms with E-state index in [0.717, 1.165) is 0 Å². The van der Waals surface area contributed by atoms with E-state index in [1.54, 1.807) is 42.7 Å². The molecule has 0 saturated heterocycles. The van der Waals surface area contributed by atoms with Gasteiger partial charge in [-0.25, -0.2) is 14.8 Å². The Morgan fingerprint density at radius 1 is 1.17 bits per heavy atom. The number of nitrogens with zero attached hydrogens (tertiary/aromatic N) is 2. The summed E-state index contributed by atoms with van der Waals surface area (Å²) in [5, 5.41) is 0. The minimum atomic E-state index is -0.368. The lowest BCUT2D eigenvalue weighted by Crippen LogP contribution is -2.02. The van der Waals surface area contributed by atoms with E-state index >= 15 is 0 Å². The van der Waals surface area contributed by atoms with Crippen molar-refractivity contribution < 1.29 is 14.3 Å². The van der Waals surface area contributed by atoms with E-state index in [9.17, 15) is 4.79 Å². The minimum absolute atomic E-state index is 0.290. The summed E-state index contributed by atoms with van der Waals surface area (Å²) in [5.41, 5.74) is 0.487. The maximum absolute atomic E-state index is 11.2. The van der Waals surface area contributed by atoms with Crippen LogP contribution in [0.25, 0.3) is 0 Å². The van der Waals surface area contributed by atoms with E-state index in [-0.39, 0.29) is 5.97 Å². The maximum Gasteiger partial charge on any atom is 0.337 e. The van der Waals surface area contributed by atoms with E-state index in [1.165, 1.54) is 7.11 Å². The van der Waals surface area contributed by atoms with Crippen molar-refractivity contribution in [1.82, 2.24) is 9.97 Å². The molecule has 92 valence electrons. The quantitative estimate of drug-likeness (QED) is 0.768. The molecule has 0 aliphatic rings. The lowest BCUT2D eigenvalue weighted by Gasteiger charge is -2.05. The summed E-state index contributed by atoms with van der Waals surface area (Å²) in [5.74, 6) is 0.887. The molecule has 0 aliphatic carbocycles. The summed E-state index contributed by atoms with van der Waals surface area (Å²) in [7, 11) is 1.35. The predicted molar refractivity (Wildman–Crippen MR) is 64.1 cm³/mol. The van der Waals surface area contributed by atoms with Crippen LogP contribution >= 0.6 is 0 Å². The highest BCUT2D eigenvalue weighted by molar-refractivity contribution is 5.89. The summed E-state index contributed by atoms with van der Waals surface area (Å²) in [4.78, 5) is 19.3. The van der Waals surface area contributed by atoms with Crippen LogP contribution in [0.2, 0.25) is 0 Å². The van der Waals surface area contributed by atoms with Gasteiger partial charge in [0.05, 0.1) is 12.7 Å². The summed E-state index contributed by atoms with van der Waals surface area (Å²) < 4.78 is 10.1. The Bertz CT molecular complexity index is 512. The van der Waals surface area contributed by atoms with Crippen molar-refractivity contribution in [3.63, 3.8) is 0 Å². The number of ether oxygens (including phenoxy) is 2. The largest absolute Gasteiger partial charge is 0.486 e. The first-order valence-corrected chi connectivity index (χ1v) is 5.36. The fourth-order valence-corrected chi connectivity index (χ4v) is 1.36. The van der Waals surface area contributed by atoms with Crippen LogP contribution in [0.4, 0.5) is 0 Å². The molecule has 18 heavy (non-hydrogen) atoms. The third-order valence-corrected chi connectivity index (χ3v) is 2.26. The highest BCUT2D eigenvalue weighted by Gasteiger charge is 2.04. The van der Waals surface area contributed by atoms with Crippen molar-refractivity contribution in [2.45, 2.75) is 6.61 Å². The Kier molecular flexibility index (Phi) is 3.86. The molecule has 0 aliphatic heterocycles. The Balaban J connectivity index is 1.97. The number of methoxy groups -OCH3 is 1. The highest BCUT2D eigenvalue weighted by atomic mass is 16.5. The second-order valence-electron chi connectivity index (χ2n) is 3.47. The normalized spacial score (nSPS) is 9.83. The molecule has 2 aromatic rings. The number of hydrogen-bond acceptors (Lipinski definition) is 5. The summed E-state index contributed by atoms with van der Waals surface area (Å²) in [6.07, 6.45) is 3.32. The highest BCUT2D eigenvalue weighted by Crippen LogP contribution is 2.13. The van der Waals surface area contributed by atoms with Crippen LogP contribution in [-0.2, 0) is 11.3 Å². The molecule has 2 rings (SSSR count). The van der Waals surface area contributed by atoms with Crippen molar-refractivity contribution in [1.29, 1.82) is 0 Å². The molecular weight excluding hydrogens is 232 g/mol. The number of aromatic nitrogens is 2. The Hall–Kier alpha value is -2.43. The van der Waals surface area contributed by atoms with Crippen LogP contribution in [0, 0.1) is 0 Å². The standard InChI is InChI=1S/C13H12N2O3/c1-17-13(16)10-3-5-11(6-4-10)18-9-12-14-7-2-8-15-12/h2-8H,9H2,1H3. The zero-order valence-electron chi connectivity index (χ0n) is 9.87. The van der Waals surface area contributed by atoms with E-state index in [0.29, 0.717) is 23.7 Å². The van der Waals surface area contributed by atoms with Crippen LogP contribution in [-0.4, -0.2) is 23.0 Å². The molecule has 0 unspecified atom stereocenters. The zero-order valence-corrected chi connectivity index (χ0v) is 9.87. The van der Waals surface area contributed by atoms with Crippen LogP contribution in [0.15, 0.2) is 42.7 Å². The van der Waals surface area contributed by atoms with Crippen LogP contribution in [0.5, 0.6) is 5.75 Å². The zero-order chi connectivity index (χ0) is 12.8. The van der Waals surface area contributed by atoms with Crippen molar-refractivity contribution in [3.05, 3.63) is 54.1 Å². The van der Waals surface area contributed by atoms with Gasteiger partial charge in [0.2, 0.25) is 0 Å². The monoisotopic (exact) mass is 244 g/mol. The molecule has 5 heteroatoms. The van der Waals surface area contributed by atoms with Crippen LogP contribution in [0.3, 0.4) is 0 Å². The van der Waals surface area contributed by atoms with Gasteiger partial charge in [0.1, 0.15) is 12.4 Å². The molecular formula is C13H12N2O3. The fourth-order valence-electron chi connectivity index (χ4n) is 1.36. The van der Waals surface area contributed by atoms with Crippen LogP contribution < -0.4 is 4.74 Å². The Morgan fingerprint density at radius 3 is 2.44 bits per heavy atom. The molecule has 0 radical (unpaired) electrons. The molecule has 0 bridgehead atoms. The van der Waals surface area contributed by atoms with Crippen molar-refractivity contribution >= 4 is 5.97 Å². The fraction of sp³-hybridized carbons (Fsp3) is 0.154. The van der Waals surface area contributed by atoms with Gasteiger partial charge in [0, 0.05) is 12.4 Å². The average Bonchev–Trinajstić information content (AvgIpc) is 2.46. The van der Waals surface area contributed by atoms with Gasteiger partial charge in [-0.1, -0.05) is 0 Å². The Morgan fingerprint density at radius 2 is 1.83 bits per heavy atom. The lowest BCUT2D eigenvalue weighted by molar-refractivity contribution is 0.0600. The molecule has 1 heterocycles. The van der Waals surface area contributed by atoms with Gasteiger partial charge in [-0.3, -0.25) is 0 Å². The molecule has 0 N–H and O–H groups in total. The van der Waals surface area contributed by atoms with E-state index in [4.69, 9.17) is 4.74 Å². The number of rotatable bonds is 4. The molecule has 5 nitrogen and oxygen atoms in total. The molecule has 0 atom stereocenters. The topological polar surface area (TPSA) is 61.3 Å². The predicted octanol–water partition coefficient (Wildman–Crippen LogP) is 1.84. The molecule has 0 amide bonds. The summed E-state index contributed by atoms with van der Waals surface area (Å²) >= 11 is 0. The third kappa shape index (κ3) is 3.04. The molecule has 0 saturated carbocycles. The molecule has 0 fully saturated rings. The van der Waals surface area contributed by atoms with Crippen molar-refractivity contribution in [2.24, 2.45) is 0 Å². The van der Waals surface area contributed by atoms with E-state index in [2.05, 4.69) is 14.7 Å². The van der Waals surface area contributed by atoms with E-state index < -0.39 is 0 Å². The number of carbonyl (C=O) groups excluding carboxylic acids is 1. The Labute approximate surface area is 104 Å². The molecule has 1 aromatic carbocycles. The number of carbonyl (C=O) groups is 1. The first-order valence-electron chi connectivity index (χ1n) is 5.36. The van der Waals surface area contributed by atoms with Gasteiger partial charge < -0.3 is 9.47 Å². The third-order valence-electron chi connectivity index (χ3n) is 2.26.